The van der Waals surface area contributed by atoms with Crippen LogP contribution in [-0.4, -0.2) is 55.1 Å². The molecule has 1 aromatic rings. The lowest BCUT2D eigenvalue weighted by molar-refractivity contribution is -0.120. The highest BCUT2D eigenvalue weighted by Gasteiger charge is 2.24. The Morgan fingerprint density at radius 1 is 1.17 bits per heavy atom. The first-order chi connectivity index (χ1) is 13.7. The Labute approximate surface area is 173 Å². The maximum Gasteiger partial charge on any atom is 0.252 e. The molecule has 7 nitrogen and oxygen atoms in total. The van der Waals surface area contributed by atoms with Crippen LogP contribution in [0.4, 0.5) is 0 Å². The van der Waals surface area contributed by atoms with Gasteiger partial charge in [-0.1, -0.05) is 13.8 Å². The molecule has 0 radical (unpaired) electrons. The molecule has 0 bridgehead atoms. The number of piperidine rings is 1. The van der Waals surface area contributed by atoms with E-state index in [-0.39, 0.29) is 17.9 Å². The van der Waals surface area contributed by atoms with Crippen molar-refractivity contribution in [2.45, 2.75) is 65.1 Å². The fraction of sp³-hybridized carbons (Fsp3) is 0.636. The first-order valence-corrected chi connectivity index (χ1v) is 10.4. The number of hydrogen-bond acceptors (Lipinski definition) is 5. The van der Waals surface area contributed by atoms with Gasteiger partial charge in [-0.25, -0.2) is 0 Å². The van der Waals surface area contributed by atoms with Crippen LogP contribution in [0.1, 0.15) is 57.3 Å². The third-order valence-electron chi connectivity index (χ3n) is 5.28. The molecular formula is C22H35N3O4. The predicted octanol–water partition coefficient (Wildman–Crippen LogP) is 2.58. The smallest absolute Gasteiger partial charge is 0.252 e. The molecule has 7 heteroatoms. The summed E-state index contributed by atoms with van der Waals surface area (Å²) in [5.74, 6) is 0.480. The van der Waals surface area contributed by atoms with Crippen molar-refractivity contribution in [2.75, 3.05) is 20.2 Å². The Balaban J connectivity index is 2.09. The van der Waals surface area contributed by atoms with Crippen molar-refractivity contribution in [3.8, 4) is 11.5 Å². The first kappa shape index (κ1) is 23.0. The monoisotopic (exact) mass is 405 g/mol. The molecule has 1 aliphatic rings. The van der Waals surface area contributed by atoms with Crippen LogP contribution < -0.4 is 20.5 Å². The Morgan fingerprint density at radius 2 is 1.83 bits per heavy atom. The number of methoxy groups -OCH3 is 1. The number of nitrogens with one attached hydrogen (secondary N) is 1. The van der Waals surface area contributed by atoms with E-state index in [1.807, 2.05) is 13.8 Å². The van der Waals surface area contributed by atoms with Crippen molar-refractivity contribution in [2.24, 2.45) is 11.7 Å². The molecule has 1 atom stereocenters. The largest absolute Gasteiger partial charge is 0.493 e. The van der Waals surface area contributed by atoms with Crippen molar-refractivity contribution in [1.29, 1.82) is 0 Å². The fourth-order valence-corrected chi connectivity index (χ4v) is 3.56. The second-order valence-corrected chi connectivity index (χ2v) is 8.37. The van der Waals surface area contributed by atoms with E-state index in [1.165, 1.54) is 0 Å². The van der Waals surface area contributed by atoms with Gasteiger partial charge in [-0.3, -0.25) is 9.59 Å². The minimum atomic E-state index is -0.700. The average Bonchev–Trinajstić information content (AvgIpc) is 2.67. The molecule has 1 saturated heterocycles. The number of amides is 2. The van der Waals surface area contributed by atoms with E-state index in [2.05, 4.69) is 24.1 Å². The number of primary amides is 1. The number of hydrogen-bond donors (Lipinski definition) is 2. The van der Waals surface area contributed by atoms with E-state index < -0.39 is 11.9 Å². The van der Waals surface area contributed by atoms with Gasteiger partial charge in [0.05, 0.1) is 7.11 Å². The van der Waals surface area contributed by atoms with Crippen molar-refractivity contribution >= 4 is 11.8 Å². The van der Waals surface area contributed by atoms with E-state index in [1.54, 1.807) is 25.3 Å². The second kappa shape index (κ2) is 10.5. The van der Waals surface area contributed by atoms with Crippen molar-refractivity contribution < 1.29 is 19.1 Å². The quantitative estimate of drug-likeness (QED) is 0.659. The highest BCUT2D eigenvalue weighted by molar-refractivity contribution is 5.97. The number of nitrogens with two attached hydrogens (primary N) is 1. The SMILES string of the molecule is COc1ccc(C(=O)N[C@@H](CC(C)C)C(N)=O)cc1OC1CCN(C(C)C)CC1. The highest BCUT2D eigenvalue weighted by atomic mass is 16.5. The molecular weight excluding hydrogens is 370 g/mol. The Hall–Kier alpha value is -2.28. The molecule has 0 saturated carbocycles. The van der Waals surface area contributed by atoms with E-state index in [4.69, 9.17) is 15.2 Å². The van der Waals surface area contributed by atoms with Crippen molar-refractivity contribution in [3.63, 3.8) is 0 Å². The summed E-state index contributed by atoms with van der Waals surface area (Å²) in [4.78, 5) is 26.8. The first-order valence-electron chi connectivity index (χ1n) is 10.4. The summed E-state index contributed by atoms with van der Waals surface area (Å²) >= 11 is 0. The summed E-state index contributed by atoms with van der Waals surface area (Å²) < 4.78 is 11.6. The van der Waals surface area contributed by atoms with Crippen LogP contribution in [0.5, 0.6) is 11.5 Å². The number of carbonyl (C=O) groups is 2. The van der Waals surface area contributed by atoms with E-state index in [0.717, 1.165) is 25.9 Å². The number of ether oxygens (including phenoxy) is 2. The zero-order valence-corrected chi connectivity index (χ0v) is 18.2. The van der Waals surface area contributed by atoms with Gasteiger partial charge in [0.15, 0.2) is 11.5 Å². The highest BCUT2D eigenvalue weighted by Crippen LogP contribution is 2.31. The Kier molecular flexibility index (Phi) is 8.32. The van der Waals surface area contributed by atoms with Crippen LogP contribution >= 0.6 is 0 Å². The van der Waals surface area contributed by atoms with Gasteiger partial charge in [-0.15, -0.1) is 0 Å². The van der Waals surface area contributed by atoms with Gasteiger partial charge in [0.1, 0.15) is 12.1 Å². The molecule has 3 N–H and O–H groups in total. The summed E-state index contributed by atoms with van der Waals surface area (Å²) in [5.41, 5.74) is 5.85. The Morgan fingerprint density at radius 3 is 2.34 bits per heavy atom. The number of rotatable bonds is 9. The molecule has 2 amide bonds. The van der Waals surface area contributed by atoms with Crippen LogP contribution in [0.3, 0.4) is 0 Å². The van der Waals surface area contributed by atoms with E-state index in [9.17, 15) is 9.59 Å². The molecule has 2 rings (SSSR count). The van der Waals surface area contributed by atoms with Crippen LogP contribution in [0.15, 0.2) is 18.2 Å². The molecule has 0 spiro atoms. The number of carbonyl (C=O) groups excluding carboxylic acids is 2. The van der Waals surface area contributed by atoms with Crippen LogP contribution in [0.25, 0.3) is 0 Å². The summed E-state index contributed by atoms with van der Waals surface area (Å²) in [6.45, 7) is 10.3. The third-order valence-corrected chi connectivity index (χ3v) is 5.28. The summed E-state index contributed by atoms with van der Waals surface area (Å²) in [7, 11) is 1.58. The van der Waals surface area contributed by atoms with Gasteiger partial charge >= 0.3 is 0 Å². The molecule has 1 aliphatic heterocycles. The molecule has 1 fully saturated rings. The molecule has 1 heterocycles. The predicted molar refractivity (Wildman–Crippen MR) is 113 cm³/mol. The van der Waals surface area contributed by atoms with Gasteiger partial charge in [0, 0.05) is 24.7 Å². The molecule has 29 heavy (non-hydrogen) atoms. The molecule has 0 unspecified atom stereocenters. The van der Waals surface area contributed by atoms with Gasteiger partial charge in [-0.2, -0.15) is 0 Å². The van der Waals surface area contributed by atoms with Crippen LogP contribution in [0, 0.1) is 5.92 Å². The normalized spacial score (nSPS) is 16.7. The molecule has 162 valence electrons. The third kappa shape index (κ3) is 6.63. The number of benzene rings is 1. The number of nitrogens with zero attached hydrogens (tertiary/aromatic N) is 1. The van der Waals surface area contributed by atoms with Crippen molar-refractivity contribution in [1.82, 2.24) is 10.2 Å². The maximum absolute atomic E-state index is 12.7. The van der Waals surface area contributed by atoms with Crippen LogP contribution in [-0.2, 0) is 4.79 Å². The lowest BCUT2D eigenvalue weighted by Gasteiger charge is -2.34. The minimum absolute atomic E-state index is 0.0801. The zero-order chi connectivity index (χ0) is 21.6. The van der Waals surface area contributed by atoms with Gasteiger partial charge in [0.25, 0.3) is 5.91 Å². The lowest BCUT2D eigenvalue weighted by atomic mass is 10.0. The van der Waals surface area contributed by atoms with E-state index in [0.29, 0.717) is 29.5 Å². The van der Waals surface area contributed by atoms with Gasteiger partial charge in [-0.05, 0) is 57.2 Å². The minimum Gasteiger partial charge on any atom is -0.493 e. The lowest BCUT2D eigenvalue weighted by Crippen LogP contribution is -2.45. The average molecular weight is 406 g/mol. The zero-order valence-electron chi connectivity index (χ0n) is 18.2. The maximum atomic E-state index is 12.7. The van der Waals surface area contributed by atoms with E-state index >= 15 is 0 Å². The summed E-state index contributed by atoms with van der Waals surface area (Å²) in [5, 5.41) is 2.73. The van der Waals surface area contributed by atoms with Crippen molar-refractivity contribution in [3.05, 3.63) is 23.8 Å². The van der Waals surface area contributed by atoms with Gasteiger partial charge < -0.3 is 25.4 Å². The fourth-order valence-electron chi connectivity index (χ4n) is 3.56. The summed E-state index contributed by atoms with van der Waals surface area (Å²) in [6.07, 6.45) is 2.43. The van der Waals surface area contributed by atoms with Crippen LogP contribution in [0.2, 0.25) is 0 Å². The standard InChI is InChI=1S/C22H35N3O4/c1-14(2)12-18(21(23)26)24-22(27)16-6-7-19(28-5)20(13-16)29-17-8-10-25(11-9-17)15(3)4/h6-7,13-15,17-18H,8-12H2,1-5H3,(H2,23,26)(H,24,27)/t18-/m0/s1. The molecule has 0 aliphatic carbocycles. The Bertz CT molecular complexity index is 697. The number of likely N-dealkylation sites (tertiary alicyclic amines) is 1. The second-order valence-electron chi connectivity index (χ2n) is 8.37. The summed E-state index contributed by atoms with van der Waals surface area (Å²) in [6, 6.07) is 4.89. The van der Waals surface area contributed by atoms with Gasteiger partial charge in [0.2, 0.25) is 5.91 Å². The molecule has 1 aromatic carbocycles. The topological polar surface area (TPSA) is 93.9 Å². The molecule has 0 aromatic heterocycles.